The summed E-state index contributed by atoms with van der Waals surface area (Å²) in [4.78, 5) is 0. The second-order valence-corrected chi connectivity index (χ2v) is 5.50. The van der Waals surface area contributed by atoms with Crippen molar-refractivity contribution in [2.24, 2.45) is 0 Å². The molecule has 3 aromatic rings. The first-order chi connectivity index (χ1) is 10.9. The van der Waals surface area contributed by atoms with Crippen molar-refractivity contribution in [1.82, 2.24) is 0 Å². The van der Waals surface area contributed by atoms with Crippen LogP contribution in [0.15, 0.2) is 68.4 Å². The Morgan fingerprint density at radius 1 is 0.636 bits per heavy atom. The summed E-state index contributed by atoms with van der Waals surface area (Å²) in [5.41, 5.74) is 0. The third kappa shape index (κ3) is 4.58. The zero-order valence-electron chi connectivity index (χ0n) is 11.7. The van der Waals surface area contributed by atoms with Crippen LogP contribution >= 0.6 is 8.60 Å². The predicted octanol–water partition coefficient (Wildman–Crippen LogP) is 4.64. The molecule has 3 rings (SSSR count). The van der Waals surface area contributed by atoms with Crippen molar-refractivity contribution in [3.8, 4) is 0 Å². The van der Waals surface area contributed by atoms with E-state index in [-0.39, 0.29) is 19.8 Å². The number of furan rings is 3. The van der Waals surface area contributed by atoms with E-state index in [4.69, 9.17) is 26.8 Å². The molecule has 0 radical (unpaired) electrons. The zero-order valence-corrected chi connectivity index (χ0v) is 12.6. The second-order valence-electron chi connectivity index (χ2n) is 4.28. The Morgan fingerprint density at radius 3 is 1.27 bits per heavy atom. The summed E-state index contributed by atoms with van der Waals surface area (Å²) in [6.45, 7) is 0.818. The average Bonchev–Trinajstić information content (AvgIpc) is 3.29. The lowest BCUT2D eigenvalue weighted by Crippen LogP contribution is -1.96. The summed E-state index contributed by atoms with van der Waals surface area (Å²) < 4.78 is 32.5. The van der Waals surface area contributed by atoms with Crippen LogP contribution < -0.4 is 0 Å². The largest absolute Gasteiger partial charge is 0.467 e. The van der Waals surface area contributed by atoms with Crippen LogP contribution in [0.25, 0.3) is 0 Å². The van der Waals surface area contributed by atoms with Crippen molar-refractivity contribution in [3.63, 3.8) is 0 Å². The van der Waals surface area contributed by atoms with Gasteiger partial charge in [0.2, 0.25) is 0 Å². The van der Waals surface area contributed by atoms with Crippen molar-refractivity contribution in [3.05, 3.63) is 72.5 Å². The third-order valence-corrected chi connectivity index (χ3v) is 3.70. The summed E-state index contributed by atoms with van der Waals surface area (Å²) in [5.74, 6) is 2.11. The van der Waals surface area contributed by atoms with Crippen LogP contribution in [-0.4, -0.2) is 0 Å². The van der Waals surface area contributed by atoms with Crippen molar-refractivity contribution < 1.29 is 26.8 Å². The molecule has 0 N–H and O–H groups in total. The molecule has 3 aromatic heterocycles. The van der Waals surface area contributed by atoms with E-state index < -0.39 is 8.60 Å². The van der Waals surface area contributed by atoms with Crippen LogP contribution in [0.5, 0.6) is 0 Å². The highest BCUT2D eigenvalue weighted by Crippen LogP contribution is 2.42. The van der Waals surface area contributed by atoms with Crippen LogP contribution in [0.3, 0.4) is 0 Å². The SMILES string of the molecule is c1coc(COP(OCc2ccco2)OCc2ccco2)c1. The maximum absolute atomic E-state index is 5.63. The molecule has 0 aromatic carbocycles. The Hall–Kier alpha value is -1.85. The minimum atomic E-state index is -1.56. The zero-order chi connectivity index (χ0) is 15.0. The fourth-order valence-electron chi connectivity index (χ4n) is 1.64. The van der Waals surface area contributed by atoms with Gasteiger partial charge in [-0.15, -0.1) is 0 Å². The van der Waals surface area contributed by atoms with Crippen LogP contribution in [0.4, 0.5) is 0 Å². The van der Waals surface area contributed by atoms with Crippen molar-refractivity contribution in [2.75, 3.05) is 0 Å². The second kappa shape index (κ2) is 7.96. The third-order valence-electron chi connectivity index (χ3n) is 2.68. The molecule has 3 heterocycles. The number of rotatable bonds is 9. The minimum Gasteiger partial charge on any atom is -0.467 e. The van der Waals surface area contributed by atoms with Gasteiger partial charge >= 0.3 is 8.60 Å². The molecule has 0 bridgehead atoms. The average molecular weight is 322 g/mol. The lowest BCUT2D eigenvalue weighted by Gasteiger charge is -2.15. The van der Waals surface area contributed by atoms with E-state index in [0.717, 1.165) is 0 Å². The van der Waals surface area contributed by atoms with Crippen LogP contribution in [-0.2, 0) is 33.4 Å². The van der Waals surface area contributed by atoms with E-state index in [9.17, 15) is 0 Å². The van der Waals surface area contributed by atoms with Gasteiger partial charge in [-0.2, -0.15) is 0 Å². The van der Waals surface area contributed by atoms with Crippen molar-refractivity contribution >= 4 is 8.60 Å². The Bertz CT molecular complexity index is 526. The molecule has 0 aliphatic heterocycles. The highest BCUT2D eigenvalue weighted by atomic mass is 31.2. The lowest BCUT2D eigenvalue weighted by atomic mass is 10.5. The maximum atomic E-state index is 5.63. The Balaban J connectivity index is 1.51. The summed E-state index contributed by atoms with van der Waals surface area (Å²) in [6, 6.07) is 10.9. The van der Waals surface area contributed by atoms with Gasteiger partial charge in [0.15, 0.2) is 0 Å². The van der Waals surface area contributed by atoms with Crippen molar-refractivity contribution in [2.45, 2.75) is 19.8 Å². The molecule has 0 saturated carbocycles. The van der Waals surface area contributed by atoms with Gasteiger partial charge < -0.3 is 26.8 Å². The molecule has 116 valence electrons. The topological polar surface area (TPSA) is 67.1 Å². The van der Waals surface area contributed by atoms with Gasteiger partial charge in [-0.25, -0.2) is 0 Å². The van der Waals surface area contributed by atoms with E-state index in [0.29, 0.717) is 17.3 Å². The van der Waals surface area contributed by atoms with E-state index >= 15 is 0 Å². The smallest absolute Gasteiger partial charge is 0.334 e. The molecular weight excluding hydrogens is 307 g/mol. The van der Waals surface area contributed by atoms with Crippen LogP contribution in [0, 0.1) is 0 Å². The van der Waals surface area contributed by atoms with Crippen LogP contribution in [0.2, 0.25) is 0 Å². The Labute approximate surface area is 128 Å². The Kier molecular flexibility index (Phi) is 5.45. The first-order valence-corrected chi connectivity index (χ1v) is 7.76. The van der Waals surface area contributed by atoms with Gasteiger partial charge in [0, 0.05) is 0 Å². The van der Waals surface area contributed by atoms with Gasteiger partial charge in [-0.3, -0.25) is 0 Å². The molecule has 7 heteroatoms. The molecule has 22 heavy (non-hydrogen) atoms. The molecule has 6 nitrogen and oxygen atoms in total. The minimum absolute atomic E-state index is 0.273. The van der Waals surface area contributed by atoms with E-state index in [1.54, 1.807) is 37.0 Å². The maximum Gasteiger partial charge on any atom is 0.334 e. The molecule has 0 amide bonds. The highest BCUT2D eigenvalue weighted by Gasteiger charge is 2.16. The molecular formula is C15H15O6P. The van der Waals surface area contributed by atoms with E-state index in [1.165, 1.54) is 0 Å². The first-order valence-electron chi connectivity index (χ1n) is 6.66. The van der Waals surface area contributed by atoms with Gasteiger partial charge in [0.05, 0.1) is 18.8 Å². The van der Waals surface area contributed by atoms with Crippen molar-refractivity contribution in [1.29, 1.82) is 0 Å². The normalized spacial score (nSPS) is 11.3. The molecule has 0 aliphatic carbocycles. The van der Waals surface area contributed by atoms with Gasteiger partial charge in [-0.1, -0.05) is 0 Å². The monoisotopic (exact) mass is 322 g/mol. The van der Waals surface area contributed by atoms with E-state index in [1.807, 2.05) is 18.2 Å². The first kappa shape index (κ1) is 15.1. The molecule has 0 unspecified atom stereocenters. The molecule has 0 atom stereocenters. The fraction of sp³-hybridized carbons (Fsp3) is 0.200. The van der Waals surface area contributed by atoms with E-state index in [2.05, 4.69) is 0 Å². The summed E-state index contributed by atoms with van der Waals surface area (Å²) in [6.07, 6.45) is 4.77. The molecule has 0 spiro atoms. The Morgan fingerprint density at radius 2 is 1.00 bits per heavy atom. The molecule has 0 aliphatic rings. The number of hydrogen-bond donors (Lipinski definition) is 0. The van der Waals surface area contributed by atoms with Gasteiger partial charge in [0.25, 0.3) is 0 Å². The van der Waals surface area contributed by atoms with Gasteiger partial charge in [-0.05, 0) is 36.4 Å². The van der Waals surface area contributed by atoms with Crippen LogP contribution in [0.1, 0.15) is 17.3 Å². The predicted molar refractivity (Wildman–Crippen MR) is 77.4 cm³/mol. The molecule has 0 fully saturated rings. The summed E-state index contributed by atoms with van der Waals surface area (Å²) in [7, 11) is -1.56. The molecule has 0 saturated heterocycles. The quantitative estimate of drug-likeness (QED) is 0.535. The fourth-order valence-corrected chi connectivity index (χ4v) is 2.57. The lowest BCUT2D eigenvalue weighted by molar-refractivity contribution is 0.125. The van der Waals surface area contributed by atoms with Gasteiger partial charge in [0.1, 0.15) is 37.1 Å². The number of hydrogen-bond acceptors (Lipinski definition) is 6. The summed E-state index contributed by atoms with van der Waals surface area (Å²) in [5, 5.41) is 0. The summed E-state index contributed by atoms with van der Waals surface area (Å²) >= 11 is 0. The standard InChI is InChI=1S/C15H15O6P/c1-4-13(16-7-1)10-19-22(20-11-14-5-2-8-17-14)21-12-15-6-3-9-18-15/h1-9H,10-12H2. The highest BCUT2D eigenvalue weighted by molar-refractivity contribution is 7.41.